The number of ether oxygens (including phenoxy) is 1. The Morgan fingerprint density at radius 1 is 1.18 bits per heavy atom. The van der Waals surface area contributed by atoms with Gasteiger partial charge in [-0.15, -0.1) is 0 Å². The number of phenolic OH excluding ortho intramolecular Hbond substituents is 1. The molecule has 1 amide bonds. The summed E-state index contributed by atoms with van der Waals surface area (Å²) in [6, 6.07) is 8.11. The summed E-state index contributed by atoms with van der Waals surface area (Å²) >= 11 is 0. The Morgan fingerprint density at radius 2 is 1.82 bits per heavy atom. The summed E-state index contributed by atoms with van der Waals surface area (Å²) in [5.41, 5.74) is 5.03. The first-order valence-electron chi connectivity index (χ1n) is 8.40. The predicted molar refractivity (Wildman–Crippen MR) is 106 cm³/mol. The summed E-state index contributed by atoms with van der Waals surface area (Å²) < 4.78 is 32.3. The second-order valence-electron chi connectivity index (χ2n) is 6.28. The molecule has 0 saturated heterocycles. The highest BCUT2D eigenvalue weighted by Gasteiger charge is 2.20. The first-order valence-corrected chi connectivity index (χ1v) is 9.89. The van der Waals surface area contributed by atoms with E-state index < -0.39 is 22.5 Å². The van der Waals surface area contributed by atoms with Gasteiger partial charge in [0.25, 0.3) is 5.91 Å². The highest BCUT2D eigenvalue weighted by molar-refractivity contribution is 7.89. The van der Waals surface area contributed by atoms with Crippen molar-refractivity contribution in [3.8, 4) is 11.5 Å². The SMILES string of the molecule is COc1cc(/C=N\NC(=O)CNS(=O)(=O)c2c(C)cc(C)cc2C)ccc1O. The van der Waals surface area contributed by atoms with Gasteiger partial charge in [0.05, 0.1) is 24.8 Å². The molecule has 9 heteroatoms. The van der Waals surface area contributed by atoms with Gasteiger partial charge in [-0.25, -0.2) is 18.6 Å². The normalized spacial score (nSPS) is 11.6. The number of hydrazone groups is 1. The summed E-state index contributed by atoms with van der Waals surface area (Å²) in [5, 5.41) is 13.3. The monoisotopic (exact) mass is 405 g/mol. The van der Waals surface area contributed by atoms with Gasteiger partial charge < -0.3 is 9.84 Å². The Hall–Kier alpha value is -2.91. The second kappa shape index (κ2) is 8.85. The van der Waals surface area contributed by atoms with E-state index in [2.05, 4.69) is 15.2 Å². The third-order valence-corrected chi connectivity index (χ3v) is 5.61. The molecule has 0 spiro atoms. The molecule has 3 N–H and O–H groups in total. The molecule has 0 fully saturated rings. The van der Waals surface area contributed by atoms with Gasteiger partial charge in [-0.2, -0.15) is 5.10 Å². The number of carbonyl (C=O) groups is 1. The average Bonchev–Trinajstić information content (AvgIpc) is 2.60. The van der Waals surface area contributed by atoms with Gasteiger partial charge in [-0.1, -0.05) is 17.7 Å². The lowest BCUT2D eigenvalue weighted by Crippen LogP contribution is -2.35. The second-order valence-corrected chi connectivity index (χ2v) is 7.98. The number of methoxy groups -OCH3 is 1. The molecule has 0 saturated carbocycles. The van der Waals surface area contributed by atoms with Crippen molar-refractivity contribution in [2.24, 2.45) is 5.10 Å². The molecule has 0 aliphatic rings. The van der Waals surface area contributed by atoms with Gasteiger partial charge in [0.1, 0.15) is 0 Å². The van der Waals surface area contributed by atoms with Gasteiger partial charge in [0.2, 0.25) is 10.0 Å². The Balaban J connectivity index is 1.99. The number of hydrogen-bond acceptors (Lipinski definition) is 6. The van der Waals surface area contributed by atoms with Crippen LogP contribution >= 0.6 is 0 Å². The molecular formula is C19H23N3O5S. The zero-order valence-electron chi connectivity index (χ0n) is 16.1. The van der Waals surface area contributed by atoms with Crippen LogP contribution in [0.3, 0.4) is 0 Å². The standard InChI is InChI=1S/C19H23N3O5S/c1-12-7-13(2)19(14(3)8-12)28(25,26)21-11-18(24)22-20-10-15-5-6-16(23)17(9-15)27-4/h5-10,21,23H,11H2,1-4H3,(H,22,24)/b20-10-. The molecule has 0 atom stereocenters. The van der Waals surface area contributed by atoms with Crippen LogP contribution in [0, 0.1) is 20.8 Å². The Bertz CT molecular complexity index is 993. The number of sulfonamides is 1. The largest absolute Gasteiger partial charge is 0.504 e. The number of carbonyl (C=O) groups excluding carboxylic acids is 1. The lowest BCUT2D eigenvalue weighted by molar-refractivity contribution is -0.119. The molecule has 2 aromatic carbocycles. The molecule has 0 bridgehead atoms. The van der Waals surface area contributed by atoms with Crippen molar-refractivity contribution in [2.75, 3.05) is 13.7 Å². The van der Waals surface area contributed by atoms with Crippen LogP contribution in [0.25, 0.3) is 0 Å². The van der Waals surface area contributed by atoms with Crippen LogP contribution in [-0.4, -0.2) is 39.3 Å². The van der Waals surface area contributed by atoms with E-state index in [9.17, 15) is 18.3 Å². The van der Waals surface area contributed by atoms with Crippen LogP contribution in [0.1, 0.15) is 22.3 Å². The van der Waals surface area contributed by atoms with Crippen molar-refractivity contribution < 1.29 is 23.1 Å². The summed E-state index contributed by atoms with van der Waals surface area (Å²) in [6.07, 6.45) is 1.35. The van der Waals surface area contributed by atoms with E-state index in [0.29, 0.717) is 16.7 Å². The van der Waals surface area contributed by atoms with E-state index in [4.69, 9.17) is 4.74 Å². The minimum absolute atomic E-state index is 0.0141. The topological polar surface area (TPSA) is 117 Å². The molecular weight excluding hydrogens is 382 g/mol. The molecule has 0 unspecified atom stereocenters. The van der Waals surface area contributed by atoms with Gasteiger partial charge in [-0.05, 0) is 55.7 Å². The maximum Gasteiger partial charge on any atom is 0.255 e. The van der Waals surface area contributed by atoms with Gasteiger partial charge >= 0.3 is 0 Å². The molecule has 150 valence electrons. The number of rotatable bonds is 7. The first-order chi connectivity index (χ1) is 13.1. The third-order valence-electron chi connectivity index (χ3n) is 3.90. The lowest BCUT2D eigenvalue weighted by Gasteiger charge is -2.12. The smallest absolute Gasteiger partial charge is 0.255 e. The van der Waals surface area contributed by atoms with Gasteiger partial charge in [-0.3, -0.25) is 4.79 Å². The highest BCUT2D eigenvalue weighted by atomic mass is 32.2. The highest BCUT2D eigenvalue weighted by Crippen LogP contribution is 2.25. The Morgan fingerprint density at radius 3 is 2.43 bits per heavy atom. The number of benzene rings is 2. The number of nitrogens with zero attached hydrogens (tertiary/aromatic N) is 1. The maximum atomic E-state index is 12.5. The fourth-order valence-electron chi connectivity index (χ4n) is 2.82. The molecule has 28 heavy (non-hydrogen) atoms. The number of aryl methyl sites for hydroxylation is 3. The first kappa shape index (κ1) is 21.4. The van der Waals surface area contributed by atoms with Crippen molar-refractivity contribution in [1.82, 2.24) is 10.1 Å². The third kappa shape index (κ3) is 5.30. The maximum absolute atomic E-state index is 12.5. The van der Waals surface area contributed by atoms with Crippen molar-refractivity contribution in [3.05, 3.63) is 52.6 Å². The van der Waals surface area contributed by atoms with E-state index in [-0.39, 0.29) is 16.4 Å². The molecule has 0 aliphatic carbocycles. The van der Waals surface area contributed by atoms with Crippen LogP contribution in [0.15, 0.2) is 40.3 Å². The number of hydrogen-bond donors (Lipinski definition) is 3. The van der Waals surface area contributed by atoms with Gasteiger partial charge in [0, 0.05) is 0 Å². The quantitative estimate of drug-likeness (QED) is 0.479. The van der Waals surface area contributed by atoms with Crippen LogP contribution in [0.2, 0.25) is 0 Å². The van der Waals surface area contributed by atoms with Crippen LogP contribution < -0.4 is 14.9 Å². The number of nitrogens with one attached hydrogen (secondary N) is 2. The summed E-state index contributed by atoms with van der Waals surface area (Å²) in [4.78, 5) is 12.1. The molecule has 0 radical (unpaired) electrons. The minimum atomic E-state index is -3.83. The lowest BCUT2D eigenvalue weighted by atomic mass is 10.1. The van der Waals surface area contributed by atoms with Crippen molar-refractivity contribution in [1.29, 1.82) is 0 Å². The predicted octanol–water partition coefficient (Wildman–Crippen LogP) is 1.75. The average molecular weight is 405 g/mol. The summed E-state index contributed by atoms with van der Waals surface area (Å²) in [7, 11) is -2.41. The molecule has 0 aliphatic heterocycles. The van der Waals surface area contributed by atoms with E-state index in [1.54, 1.807) is 32.0 Å². The van der Waals surface area contributed by atoms with E-state index >= 15 is 0 Å². The summed E-state index contributed by atoms with van der Waals surface area (Å²) in [6.45, 7) is 4.86. The summed E-state index contributed by atoms with van der Waals surface area (Å²) in [5.74, 6) is -0.361. The van der Waals surface area contributed by atoms with Crippen LogP contribution in [0.5, 0.6) is 11.5 Å². The van der Waals surface area contributed by atoms with E-state index in [1.807, 2.05) is 6.92 Å². The number of amides is 1. The van der Waals surface area contributed by atoms with Crippen molar-refractivity contribution in [2.45, 2.75) is 25.7 Å². The fourth-order valence-corrected chi connectivity index (χ4v) is 4.25. The Kier molecular flexibility index (Phi) is 6.76. The molecule has 0 aromatic heterocycles. The zero-order valence-corrected chi connectivity index (χ0v) is 16.9. The molecule has 0 heterocycles. The number of phenols is 1. The van der Waals surface area contributed by atoms with Crippen LogP contribution in [0.4, 0.5) is 0 Å². The zero-order chi connectivity index (χ0) is 20.9. The van der Waals surface area contributed by atoms with Crippen molar-refractivity contribution >= 4 is 22.1 Å². The minimum Gasteiger partial charge on any atom is -0.504 e. The van der Waals surface area contributed by atoms with E-state index in [0.717, 1.165) is 5.56 Å². The molecule has 8 nitrogen and oxygen atoms in total. The van der Waals surface area contributed by atoms with Gasteiger partial charge in [0.15, 0.2) is 11.5 Å². The molecule has 2 aromatic rings. The van der Waals surface area contributed by atoms with Crippen molar-refractivity contribution in [3.63, 3.8) is 0 Å². The van der Waals surface area contributed by atoms with Crippen LogP contribution in [-0.2, 0) is 14.8 Å². The van der Waals surface area contributed by atoms with E-state index in [1.165, 1.54) is 25.5 Å². The fraction of sp³-hybridized carbons (Fsp3) is 0.263. The number of aromatic hydroxyl groups is 1. The Labute approximate surface area is 164 Å². The molecule has 2 rings (SSSR count).